The van der Waals surface area contributed by atoms with Crippen LogP contribution in [0.25, 0.3) is 0 Å². The zero-order chi connectivity index (χ0) is 21.8. The minimum absolute atomic E-state index is 0.0657. The van der Waals surface area contributed by atoms with Gasteiger partial charge in [0.25, 0.3) is 11.8 Å². The summed E-state index contributed by atoms with van der Waals surface area (Å²) in [6, 6.07) is 2.56. The van der Waals surface area contributed by atoms with Crippen LogP contribution in [0.15, 0.2) is 53.5 Å². The third-order valence-electron chi connectivity index (χ3n) is 7.02. The van der Waals surface area contributed by atoms with Crippen molar-refractivity contribution in [1.82, 2.24) is 14.8 Å². The van der Waals surface area contributed by atoms with Gasteiger partial charge in [0, 0.05) is 41.8 Å². The molecule has 6 rings (SSSR count). The lowest BCUT2D eigenvalue weighted by Crippen LogP contribution is -2.44. The number of pyridine rings is 1. The molecule has 8 nitrogen and oxygen atoms in total. The van der Waals surface area contributed by atoms with Crippen LogP contribution in [0.2, 0.25) is 0 Å². The third-order valence-corrected chi connectivity index (χ3v) is 7.02. The predicted octanol–water partition coefficient (Wildman–Crippen LogP) is 2.65. The largest absolute Gasteiger partial charge is 0.488 e. The number of fused-ring (bicyclic) bond motifs is 4. The molecule has 2 saturated heterocycles. The zero-order valence-corrected chi connectivity index (χ0v) is 17.9. The Morgan fingerprint density at radius 3 is 2.81 bits per heavy atom. The van der Waals surface area contributed by atoms with Gasteiger partial charge in [-0.1, -0.05) is 6.58 Å². The van der Waals surface area contributed by atoms with Crippen molar-refractivity contribution in [2.45, 2.75) is 44.2 Å². The van der Waals surface area contributed by atoms with Crippen LogP contribution in [0, 0.1) is 0 Å². The summed E-state index contributed by atoms with van der Waals surface area (Å²) >= 11 is 0. The minimum atomic E-state index is -0.128. The average molecular weight is 431 g/mol. The summed E-state index contributed by atoms with van der Waals surface area (Å²) < 4.78 is 5.90. The molecule has 2 atom stereocenters. The fourth-order valence-electron chi connectivity index (χ4n) is 5.42. The molecular weight excluding hydrogens is 406 g/mol. The van der Waals surface area contributed by atoms with Crippen molar-refractivity contribution in [2.75, 3.05) is 24.6 Å². The molecule has 32 heavy (non-hydrogen) atoms. The van der Waals surface area contributed by atoms with Gasteiger partial charge >= 0.3 is 0 Å². The van der Waals surface area contributed by atoms with Gasteiger partial charge in [0.15, 0.2) is 11.6 Å². The summed E-state index contributed by atoms with van der Waals surface area (Å²) in [7, 11) is 0. The van der Waals surface area contributed by atoms with Crippen LogP contribution in [0.3, 0.4) is 0 Å². The van der Waals surface area contributed by atoms with Crippen LogP contribution >= 0.6 is 0 Å². The Hall–Kier alpha value is -3.42. The highest BCUT2D eigenvalue weighted by molar-refractivity contribution is 6.14. The van der Waals surface area contributed by atoms with E-state index in [2.05, 4.69) is 21.5 Å². The highest BCUT2D eigenvalue weighted by Gasteiger charge is 2.40. The number of piperidine rings is 1. The van der Waals surface area contributed by atoms with E-state index >= 15 is 0 Å². The van der Waals surface area contributed by atoms with Crippen LogP contribution in [0.5, 0.6) is 5.75 Å². The quantitative estimate of drug-likeness (QED) is 0.673. The Labute approximate surface area is 186 Å². The number of anilines is 1. The molecule has 1 aromatic heterocycles. The van der Waals surface area contributed by atoms with E-state index < -0.39 is 0 Å². The Bertz CT molecular complexity index is 1100. The highest BCUT2D eigenvalue weighted by Crippen LogP contribution is 2.38. The number of carbonyl (C=O) groups is 2. The number of carbonyl (C=O) groups excluding carboxylic acids is 2. The van der Waals surface area contributed by atoms with Crippen molar-refractivity contribution in [3.05, 3.63) is 54.0 Å². The van der Waals surface area contributed by atoms with Gasteiger partial charge in [-0.05, 0) is 44.2 Å². The van der Waals surface area contributed by atoms with Gasteiger partial charge in [-0.25, -0.2) is 4.98 Å². The van der Waals surface area contributed by atoms with E-state index in [0.29, 0.717) is 60.3 Å². The van der Waals surface area contributed by atoms with Gasteiger partial charge in [-0.2, -0.15) is 0 Å². The molecule has 0 radical (unpaired) electrons. The van der Waals surface area contributed by atoms with E-state index in [9.17, 15) is 9.59 Å². The number of hydrogen-bond donors (Lipinski definition) is 0. The number of amides is 2. The second kappa shape index (κ2) is 7.32. The number of aromatic nitrogens is 1. The Balaban J connectivity index is 1.28. The maximum absolute atomic E-state index is 13.3. The molecule has 8 heteroatoms. The molecule has 0 aromatic carbocycles. The molecule has 0 spiro atoms. The Kier molecular flexibility index (Phi) is 4.41. The van der Waals surface area contributed by atoms with E-state index in [1.165, 1.54) is 11.3 Å². The predicted molar refractivity (Wildman–Crippen MR) is 119 cm³/mol. The zero-order valence-electron chi connectivity index (χ0n) is 17.9. The number of aliphatic imine (C=N–C) groups is 1. The van der Waals surface area contributed by atoms with Crippen molar-refractivity contribution in [2.24, 2.45) is 4.99 Å². The van der Waals surface area contributed by atoms with E-state index in [-0.39, 0.29) is 11.8 Å². The van der Waals surface area contributed by atoms with Gasteiger partial charge in [0.05, 0.1) is 18.7 Å². The number of rotatable bonds is 2. The lowest BCUT2D eigenvalue weighted by atomic mass is 10.0. The second-order valence-corrected chi connectivity index (χ2v) is 8.91. The first-order chi connectivity index (χ1) is 15.6. The lowest BCUT2D eigenvalue weighted by Gasteiger charge is -2.36. The molecule has 164 valence electrons. The Morgan fingerprint density at radius 2 is 2.00 bits per heavy atom. The molecule has 1 aromatic rings. The van der Waals surface area contributed by atoms with Gasteiger partial charge in [-0.3, -0.25) is 19.5 Å². The van der Waals surface area contributed by atoms with Crippen LogP contribution < -0.4 is 9.64 Å². The molecule has 0 aliphatic carbocycles. The monoisotopic (exact) mass is 431 g/mol. The molecular formula is C24H25N5O3. The normalized spacial score (nSPS) is 26.3. The molecule has 2 unspecified atom stereocenters. The van der Waals surface area contributed by atoms with Crippen LogP contribution in [-0.2, 0) is 4.79 Å². The van der Waals surface area contributed by atoms with E-state index in [1.807, 2.05) is 23.1 Å². The van der Waals surface area contributed by atoms with Crippen molar-refractivity contribution in [3.63, 3.8) is 0 Å². The maximum atomic E-state index is 13.3. The number of amidine groups is 1. The molecule has 5 aliphatic heterocycles. The summed E-state index contributed by atoms with van der Waals surface area (Å²) in [6.07, 6.45) is 12.8. The van der Waals surface area contributed by atoms with Gasteiger partial charge in [0.1, 0.15) is 12.4 Å². The first-order valence-corrected chi connectivity index (χ1v) is 11.3. The summed E-state index contributed by atoms with van der Waals surface area (Å²) in [4.78, 5) is 40.3. The molecule has 0 N–H and O–H groups in total. The van der Waals surface area contributed by atoms with Crippen LogP contribution in [-0.4, -0.2) is 64.2 Å². The minimum Gasteiger partial charge on any atom is -0.488 e. The number of allylic oxidation sites excluding steroid dienone is 1. The van der Waals surface area contributed by atoms with Crippen molar-refractivity contribution in [1.29, 1.82) is 0 Å². The van der Waals surface area contributed by atoms with Crippen LogP contribution in [0.1, 0.15) is 42.5 Å². The first kappa shape index (κ1) is 19.3. The Morgan fingerprint density at radius 1 is 1.19 bits per heavy atom. The van der Waals surface area contributed by atoms with E-state index in [4.69, 9.17) is 4.74 Å². The van der Waals surface area contributed by atoms with Crippen molar-refractivity contribution < 1.29 is 14.3 Å². The highest BCUT2D eigenvalue weighted by atomic mass is 16.5. The number of hydrogen-bond acceptors (Lipinski definition) is 6. The molecule has 2 fully saturated rings. The maximum Gasteiger partial charge on any atom is 0.260 e. The van der Waals surface area contributed by atoms with Gasteiger partial charge in [-0.15, -0.1) is 0 Å². The summed E-state index contributed by atoms with van der Waals surface area (Å²) in [6.45, 7) is 5.19. The third kappa shape index (κ3) is 2.97. The summed E-state index contributed by atoms with van der Waals surface area (Å²) in [5, 5.41) is 0. The van der Waals surface area contributed by atoms with Crippen molar-refractivity contribution >= 4 is 23.5 Å². The van der Waals surface area contributed by atoms with E-state index in [0.717, 1.165) is 31.4 Å². The molecule has 6 heterocycles. The summed E-state index contributed by atoms with van der Waals surface area (Å²) in [5.41, 5.74) is 1.95. The number of nitrogens with zero attached hydrogens (tertiary/aromatic N) is 5. The molecule has 2 bridgehead atoms. The van der Waals surface area contributed by atoms with Gasteiger partial charge < -0.3 is 14.5 Å². The SMILES string of the molecule is C=C1CN=C2C=C(N3CCOc4cc(C(=O)N5C6CCCC5CC6)cnc43)C=CN2C1=O. The smallest absolute Gasteiger partial charge is 0.260 e. The average Bonchev–Trinajstić information content (AvgIpc) is 3.07. The van der Waals surface area contributed by atoms with Crippen LogP contribution in [0.4, 0.5) is 5.82 Å². The second-order valence-electron chi connectivity index (χ2n) is 8.91. The molecule has 2 amide bonds. The van der Waals surface area contributed by atoms with Gasteiger partial charge in [0.2, 0.25) is 0 Å². The standard InChI is InChI=1S/C24H25N5O3/c1-15-13-25-21-12-19(7-8-28(21)23(15)30)27-9-10-32-20-11-16(14-26-22(20)27)24(31)29-17-3-2-4-18(29)6-5-17/h7-8,11-12,14,17-18H,1-6,9-10,13H2. The topological polar surface area (TPSA) is 78.3 Å². The number of ether oxygens (including phenoxy) is 1. The fourth-order valence-corrected chi connectivity index (χ4v) is 5.42. The van der Waals surface area contributed by atoms with Crippen molar-refractivity contribution in [3.8, 4) is 5.75 Å². The molecule has 0 saturated carbocycles. The lowest BCUT2D eigenvalue weighted by molar-refractivity contribution is -0.122. The fraction of sp³-hybridized carbons (Fsp3) is 0.417. The summed E-state index contributed by atoms with van der Waals surface area (Å²) in [5.74, 6) is 1.82. The molecule has 5 aliphatic rings. The van der Waals surface area contributed by atoms with E-state index in [1.54, 1.807) is 12.4 Å². The first-order valence-electron chi connectivity index (χ1n) is 11.3.